The van der Waals surface area contributed by atoms with Crippen molar-refractivity contribution in [2.45, 2.75) is 30.6 Å². The number of nitro benzene ring substituents is 1. The summed E-state index contributed by atoms with van der Waals surface area (Å²) < 4.78 is 0. The average molecular weight is 277 g/mol. The number of hydrogen-bond acceptors (Lipinski definition) is 5. The zero-order valence-electron chi connectivity index (χ0n) is 10.6. The largest absolute Gasteiger partial charge is 0.376 e. The van der Waals surface area contributed by atoms with Gasteiger partial charge in [-0.1, -0.05) is 6.42 Å². The molecule has 0 aliphatic heterocycles. The SMILES string of the molecule is CSC1CCCC1Nc1cc(C#N)ccc1[N+](=O)[O-]. The fraction of sp³-hybridized carbons (Fsp3) is 0.462. The number of nitrogens with one attached hydrogen (secondary N) is 1. The molecule has 0 saturated heterocycles. The van der Waals surface area contributed by atoms with Gasteiger partial charge in [0.15, 0.2) is 0 Å². The summed E-state index contributed by atoms with van der Waals surface area (Å²) in [5, 5.41) is 23.7. The third kappa shape index (κ3) is 2.99. The maximum Gasteiger partial charge on any atom is 0.292 e. The molecule has 2 atom stereocenters. The van der Waals surface area contributed by atoms with Gasteiger partial charge in [-0.05, 0) is 31.2 Å². The summed E-state index contributed by atoms with van der Waals surface area (Å²) >= 11 is 1.79. The van der Waals surface area contributed by atoms with Crippen LogP contribution >= 0.6 is 11.8 Å². The van der Waals surface area contributed by atoms with Gasteiger partial charge in [0.1, 0.15) is 5.69 Å². The molecule has 5 nitrogen and oxygen atoms in total. The normalized spacial score (nSPS) is 21.9. The van der Waals surface area contributed by atoms with Gasteiger partial charge in [0.2, 0.25) is 0 Å². The fourth-order valence-corrected chi connectivity index (χ4v) is 3.39. The fourth-order valence-electron chi connectivity index (χ4n) is 2.45. The molecule has 1 fully saturated rings. The first-order valence-corrected chi connectivity index (χ1v) is 7.42. The number of anilines is 1. The van der Waals surface area contributed by atoms with E-state index >= 15 is 0 Å². The highest BCUT2D eigenvalue weighted by atomic mass is 32.2. The molecule has 6 heteroatoms. The molecule has 1 N–H and O–H groups in total. The number of nitriles is 1. The number of nitrogens with zero attached hydrogens (tertiary/aromatic N) is 2. The molecular formula is C13H15N3O2S. The van der Waals surface area contributed by atoms with Gasteiger partial charge in [-0.25, -0.2) is 0 Å². The Balaban J connectivity index is 2.27. The van der Waals surface area contributed by atoms with Crippen LogP contribution in [0.5, 0.6) is 0 Å². The van der Waals surface area contributed by atoms with E-state index in [1.165, 1.54) is 12.1 Å². The van der Waals surface area contributed by atoms with E-state index < -0.39 is 4.92 Å². The lowest BCUT2D eigenvalue weighted by atomic mass is 10.1. The summed E-state index contributed by atoms with van der Waals surface area (Å²) in [5.41, 5.74) is 0.924. The first kappa shape index (κ1) is 13.7. The van der Waals surface area contributed by atoms with Crippen LogP contribution in [0.2, 0.25) is 0 Å². The van der Waals surface area contributed by atoms with Gasteiger partial charge < -0.3 is 5.32 Å². The van der Waals surface area contributed by atoms with Gasteiger partial charge in [0.05, 0.1) is 16.6 Å². The molecule has 0 radical (unpaired) electrons. The van der Waals surface area contributed by atoms with Crippen molar-refractivity contribution in [3.63, 3.8) is 0 Å². The standard InChI is InChI=1S/C13H15N3O2S/c1-19-13-4-2-3-10(13)15-11-7-9(8-14)5-6-12(11)16(17)18/h5-7,10,13,15H,2-4H2,1H3. The first-order valence-electron chi connectivity index (χ1n) is 6.13. The summed E-state index contributed by atoms with van der Waals surface area (Å²) in [6.07, 6.45) is 5.34. The van der Waals surface area contributed by atoms with Crippen molar-refractivity contribution in [1.29, 1.82) is 5.26 Å². The highest BCUT2D eigenvalue weighted by Gasteiger charge is 2.28. The van der Waals surface area contributed by atoms with Crippen LogP contribution in [0.1, 0.15) is 24.8 Å². The molecular weight excluding hydrogens is 262 g/mol. The van der Waals surface area contributed by atoms with Crippen LogP contribution in [-0.4, -0.2) is 22.5 Å². The second-order valence-electron chi connectivity index (χ2n) is 4.56. The number of rotatable bonds is 4. The molecule has 1 aromatic carbocycles. The van der Waals surface area contributed by atoms with E-state index in [9.17, 15) is 10.1 Å². The van der Waals surface area contributed by atoms with Crippen LogP contribution in [0, 0.1) is 21.4 Å². The van der Waals surface area contributed by atoms with Crippen molar-refractivity contribution in [2.75, 3.05) is 11.6 Å². The second-order valence-corrected chi connectivity index (χ2v) is 5.63. The molecule has 0 heterocycles. The van der Waals surface area contributed by atoms with Gasteiger partial charge in [0, 0.05) is 17.4 Å². The van der Waals surface area contributed by atoms with Crippen LogP contribution in [0.3, 0.4) is 0 Å². The predicted octanol–water partition coefficient (Wildman–Crippen LogP) is 3.16. The minimum atomic E-state index is -0.410. The molecule has 100 valence electrons. The molecule has 1 aliphatic rings. The quantitative estimate of drug-likeness (QED) is 0.675. The summed E-state index contributed by atoms with van der Waals surface area (Å²) in [5.74, 6) is 0. The smallest absolute Gasteiger partial charge is 0.292 e. The molecule has 2 rings (SSSR count). The predicted molar refractivity (Wildman–Crippen MR) is 76.4 cm³/mol. The monoisotopic (exact) mass is 277 g/mol. The molecule has 2 unspecified atom stereocenters. The van der Waals surface area contributed by atoms with Crippen LogP contribution in [0.15, 0.2) is 18.2 Å². The molecule has 0 aromatic heterocycles. The molecule has 0 amide bonds. The molecule has 1 aliphatic carbocycles. The molecule has 0 bridgehead atoms. The van der Waals surface area contributed by atoms with E-state index in [1.807, 2.05) is 6.07 Å². The molecule has 19 heavy (non-hydrogen) atoms. The Morgan fingerprint density at radius 1 is 1.53 bits per heavy atom. The summed E-state index contributed by atoms with van der Waals surface area (Å²) in [7, 11) is 0. The van der Waals surface area contributed by atoms with Crippen molar-refractivity contribution in [3.8, 4) is 6.07 Å². The van der Waals surface area contributed by atoms with E-state index in [1.54, 1.807) is 17.8 Å². The Kier molecular flexibility index (Phi) is 4.27. The Morgan fingerprint density at radius 2 is 2.32 bits per heavy atom. The van der Waals surface area contributed by atoms with Gasteiger partial charge >= 0.3 is 0 Å². The Labute approximate surface area is 116 Å². The summed E-state index contributed by atoms with van der Waals surface area (Å²) in [4.78, 5) is 10.6. The van der Waals surface area contributed by atoms with E-state index in [2.05, 4.69) is 11.6 Å². The highest BCUT2D eigenvalue weighted by Crippen LogP contribution is 2.33. The van der Waals surface area contributed by atoms with E-state index in [0.29, 0.717) is 16.5 Å². The topological polar surface area (TPSA) is 79.0 Å². The number of benzene rings is 1. The Hall–Kier alpha value is -1.74. The number of hydrogen-bond donors (Lipinski definition) is 1. The summed E-state index contributed by atoms with van der Waals surface area (Å²) in [6, 6.07) is 6.69. The maximum absolute atomic E-state index is 11.0. The van der Waals surface area contributed by atoms with E-state index in [-0.39, 0.29) is 11.7 Å². The summed E-state index contributed by atoms with van der Waals surface area (Å²) in [6.45, 7) is 0. The Morgan fingerprint density at radius 3 is 2.95 bits per heavy atom. The van der Waals surface area contributed by atoms with Gasteiger partial charge in [-0.3, -0.25) is 10.1 Å². The van der Waals surface area contributed by atoms with Gasteiger partial charge in [-0.2, -0.15) is 17.0 Å². The minimum Gasteiger partial charge on any atom is -0.376 e. The maximum atomic E-state index is 11.0. The van der Waals surface area contributed by atoms with E-state index in [0.717, 1.165) is 19.3 Å². The third-order valence-electron chi connectivity index (χ3n) is 3.42. The minimum absolute atomic E-state index is 0.0331. The van der Waals surface area contributed by atoms with E-state index in [4.69, 9.17) is 5.26 Å². The lowest BCUT2D eigenvalue weighted by molar-refractivity contribution is -0.384. The van der Waals surface area contributed by atoms with Crippen LogP contribution in [0.25, 0.3) is 0 Å². The van der Waals surface area contributed by atoms with Crippen LogP contribution in [0.4, 0.5) is 11.4 Å². The first-order chi connectivity index (χ1) is 9.15. The van der Waals surface area contributed by atoms with Gasteiger partial charge in [0.25, 0.3) is 5.69 Å². The number of nitro groups is 1. The average Bonchev–Trinajstić information content (AvgIpc) is 2.85. The Bertz CT molecular complexity index is 527. The molecule has 1 saturated carbocycles. The second kappa shape index (κ2) is 5.93. The van der Waals surface area contributed by atoms with Crippen molar-refractivity contribution in [3.05, 3.63) is 33.9 Å². The van der Waals surface area contributed by atoms with Crippen LogP contribution < -0.4 is 5.32 Å². The van der Waals surface area contributed by atoms with Crippen LogP contribution in [-0.2, 0) is 0 Å². The van der Waals surface area contributed by atoms with Crippen molar-refractivity contribution in [1.82, 2.24) is 0 Å². The zero-order chi connectivity index (χ0) is 13.8. The molecule has 1 aromatic rings. The van der Waals surface area contributed by atoms with Crippen molar-refractivity contribution in [2.24, 2.45) is 0 Å². The van der Waals surface area contributed by atoms with Crippen molar-refractivity contribution >= 4 is 23.1 Å². The number of thioether (sulfide) groups is 1. The third-order valence-corrected chi connectivity index (χ3v) is 4.59. The van der Waals surface area contributed by atoms with Gasteiger partial charge in [-0.15, -0.1) is 0 Å². The molecule has 0 spiro atoms. The highest BCUT2D eigenvalue weighted by molar-refractivity contribution is 7.99. The zero-order valence-corrected chi connectivity index (χ0v) is 11.4. The van der Waals surface area contributed by atoms with Crippen molar-refractivity contribution < 1.29 is 4.92 Å². The lowest BCUT2D eigenvalue weighted by Crippen LogP contribution is -2.26. The lowest BCUT2D eigenvalue weighted by Gasteiger charge is -2.20.